The Morgan fingerprint density at radius 3 is 2.19 bits per heavy atom. The molecule has 0 spiro atoms. The molecule has 1 N–H and O–H groups in total. The van der Waals surface area contributed by atoms with Crippen LogP contribution in [0.2, 0.25) is 5.02 Å². The summed E-state index contributed by atoms with van der Waals surface area (Å²) in [5.74, 6) is 0.811. The number of hydrogen-bond donors (Lipinski definition) is 1. The van der Waals surface area contributed by atoms with Crippen LogP contribution >= 0.6 is 11.6 Å². The molecule has 27 heavy (non-hydrogen) atoms. The van der Waals surface area contributed by atoms with Crippen LogP contribution in [0.5, 0.6) is 5.75 Å². The lowest BCUT2D eigenvalue weighted by molar-refractivity contribution is 0.0976. The third-order valence-corrected chi connectivity index (χ3v) is 4.72. The minimum Gasteiger partial charge on any atom is -0.497 e. The molecule has 3 aromatic carbocycles. The Hall–Kier alpha value is -2.78. The molecular formula is C23H22ClNO2. The van der Waals surface area contributed by atoms with Crippen molar-refractivity contribution in [2.45, 2.75) is 19.4 Å². The summed E-state index contributed by atoms with van der Waals surface area (Å²) >= 11 is 5.98. The summed E-state index contributed by atoms with van der Waals surface area (Å²) in [4.78, 5) is 12.8. The predicted octanol–water partition coefficient (Wildman–Crippen LogP) is 6.08. The molecule has 0 aromatic heterocycles. The molecule has 3 rings (SSSR count). The topological polar surface area (TPSA) is 38.3 Å². The Labute approximate surface area is 164 Å². The maximum atomic E-state index is 12.8. The second-order valence-electron chi connectivity index (χ2n) is 6.47. The molecule has 0 radical (unpaired) electrons. The second-order valence-corrected chi connectivity index (χ2v) is 6.91. The number of anilines is 1. The number of nitrogens with one attached hydrogen (secondary N) is 1. The van der Waals surface area contributed by atoms with Crippen LogP contribution in [-0.2, 0) is 0 Å². The van der Waals surface area contributed by atoms with Gasteiger partial charge in [-0.2, -0.15) is 0 Å². The van der Waals surface area contributed by atoms with Crippen LogP contribution < -0.4 is 10.1 Å². The lowest BCUT2D eigenvalue weighted by Gasteiger charge is -2.20. The van der Waals surface area contributed by atoms with Gasteiger partial charge in [-0.15, -0.1) is 0 Å². The highest BCUT2D eigenvalue weighted by Gasteiger charge is 2.17. The third kappa shape index (κ3) is 5.11. The molecule has 0 amide bonds. The van der Waals surface area contributed by atoms with E-state index in [-0.39, 0.29) is 11.8 Å². The van der Waals surface area contributed by atoms with E-state index in [0.717, 1.165) is 17.0 Å². The first-order valence-electron chi connectivity index (χ1n) is 8.81. The fourth-order valence-electron chi connectivity index (χ4n) is 2.88. The van der Waals surface area contributed by atoms with Crippen molar-refractivity contribution in [3.05, 3.63) is 94.5 Å². The van der Waals surface area contributed by atoms with E-state index in [9.17, 15) is 4.79 Å². The first kappa shape index (κ1) is 19.0. The number of aryl methyl sites for hydroxylation is 1. The Morgan fingerprint density at radius 1 is 0.963 bits per heavy atom. The lowest BCUT2D eigenvalue weighted by Crippen LogP contribution is -2.16. The highest BCUT2D eigenvalue weighted by molar-refractivity contribution is 6.30. The van der Waals surface area contributed by atoms with Crippen LogP contribution in [0.15, 0.2) is 72.8 Å². The van der Waals surface area contributed by atoms with Crippen LogP contribution in [0.3, 0.4) is 0 Å². The minimum absolute atomic E-state index is 0.0738. The maximum absolute atomic E-state index is 12.8. The maximum Gasteiger partial charge on any atom is 0.165 e. The molecule has 0 aliphatic heterocycles. The number of hydrogen-bond acceptors (Lipinski definition) is 3. The van der Waals surface area contributed by atoms with Crippen molar-refractivity contribution in [2.75, 3.05) is 12.4 Å². The van der Waals surface area contributed by atoms with Gasteiger partial charge in [0.2, 0.25) is 0 Å². The van der Waals surface area contributed by atoms with Crippen LogP contribution in [0.1, 0.15) is 33.9 Å². The van der Waals surface area contributed by atoms with Gasteiger partial charge in [0.25, 0.3) is 0 Å². The molecule has 0 fully saturated rings. The molecule has 0 saturated heterocycles. The van der Waals surface area contributed by atoms with E-state index < -0.39 is 0 Å². The number of benzene rings is 3. The Bertz CT molecular complexity index is 887. The Kier molecular flexibility index (Phi) is 6.15. The van der Waals surface area contributed by atoms with Crippen LogP contribution in [0, 0.1) is 6.92 Å². The molecule has 1 atom stereocenters. The first-order chi connectivity index (χ1) is 13.0. The second kappa shape index (κ2) is 8.74. The highest BCUT2D eigenvalue weighted by Crippen LogP contribution is 2.26. The van der Waals surface area contributed by atoms with Gasteiger partial charge in [-0.05, 0) is 61.0 Å². The monoisotopic (exact) mass is 379 g/mol. The molecule has 0 saturated carbocycles. The number of methoxy groups -OCH3 is 1. The molecule has 4 heteroatoms. The zero-order valence-electron chi connectivity index (χ0n) is 15.4. The van der Waals surface area contributed by atoms with Crippen LogP contribution in [0.25, 0.3) is 0 Å². The number of halogens is 1. The van der Waals surface area contributed by atoms with Gasteiger partial charge >= 0.3 is 0 Å². The first-order valence-corrected chi connectivity index (χ1v) is 9.19. The van der Waals surface area contributed by atoms with Crippen molar-refractivity contribution in [3.63, 3.8) is 0 Å². The largest absolute Gasteiger partial charge is 0.497 e. The van der Waals surface area contributed by atoms with E-state index in [1.54, 1.807) is 31.4 Å². The average molecular weight is 380 g/mol. The van der Waals surface area contributed by atoms with Crippen molar-refractivity contribution in [1.29, 1.82) is 0 Å². The smallest absolute Gasteiger partial charge is 0.165 e. The average Bonchev–Trinajstić information content (AvgIpc) is 2.70. The third-order valence-electron chi connectivity index (χ3n) is 4.47. The molecule has 3 aromatic rings. The Balaban J connectivity index is 1.82. The van der Waals surface area contributed by atoms with Gasteiger partial charge < -0.3 is 10.1 Å². The molecule has 3 nitrogen and oxygen atoms in total. The van der Waals surface area contributed by atoms with E-state index in [1.165, 1.54) is 5.56 Å². The number of ether oxygens (including phenoxy) is 1. The number of rotatable bonds is 7. The minimum atomic E-state index is -0.138. The normalized spacial score (nSPS) is 11.7. The molecule has 0 aliphatic rings. The summed E-state index contributed by atoms with van der Waals surface area (Å²) in [7, 11) is 1.61. The quantitative estimate of drug-likeness (QED) is 0.505. The van der Waals surface area contributed by atoms with Crippen LogP contribution in [0.4, 0.5) is 5.69 Å². The summed E-state index contributed by atoms with van der Waals surface area (Å²) in [6.45, 7) is 2.05. The zero-order valence-corrected chi connectivity index (χ0v) is 16.2. The fraction of sp³-hybridized carbons (Fsp3) is 0.174. The van der Waals surface area contributed by atoms with E-state index in [0.29, 0.717) is 17.0 Å². The molecular weight excluding hydrogens is 358 g/mol. The fourth-order valence-corrected chi connectivity index (χ4v) is 3.00. The summed E-state index contributed by atoms with van der Waals surface area (Å²) in [6.07, 6.45) is 0.345. The van der Waals surface area contributed by atoms with Gasteiger partial charge in [0.1, 0.15) is 5.75 Å². The van der Waals surface area contributed by atoms with Crippen molar-refractivity contribution in [3.8, 4) is 5.75 Å². The van der Waals surface area contributed by atoms with E-state index in [1.807, 2.05) is 31.2 Å². The molecule has 0 aliphatic carbocycles. The highest BCUT2D eigenvalue weighted by atomic mass is 35.5. The van der Waals surface area contributed by atoms with Crippen molar-refractivity contribution < 1.29 is 9.53 Å². The molecule has 0 heterocycles. The van der Waals surface area contributed by atoms with Gasteiger partial charge in [0, 0.05) is 22.7 Å². The summed E-state index contributed by atoms with van der Waals surface area (Å²) in [6, 6.07) is 22.8. The van der Waals surface area contributed by atoms with E-state index in [4.69, 9.17) is 16.3 Å². The van der Waals surface area contributed by atoms with Crippen molar-refractivity contribution in [2.24, 2.45) is 0 Å². The van der Waals surface area contributed by atoms with E-state index in [2.05, 4.69) is 29.6 Å². The van der Waals surface area contributed by atoms with Gasteiger partial charge in [-0.1, -0.05) is 41.4 Å². The van der Waals surface area contributed by atoms with Crippen molar-refractivity contribution in [1.82, 2.24) is 0 Å². The molecule has 0 bridgehead atoms. The van der Waals surface area contributed by atoms with Crippen LogP contribution in [-0.4, -0.2) is 12.9 Å². The number of ketones is 1. The molecule has 138 valence electrons. The number of Topliss-reactive ketones (excluding diaryl/α,β-unsaturated/α-hetero) is 1. The van der Waals surface area contributed by atoms with Gasteiger partial charge in [0.15, 0.2) is 5.78 Å². The molecule has 1 unspecified atom stereocenters. The van der Waals surface area contributed by atoms with Gasteiger partial charge in [-0.3, -0.25) is 4.79 Å². The standard InChI is InChI=1S/C23H22ClNO2/c1-16-3-5-17(6-4-16)22(25-20-11-9-19(24)10-12-20)15-23(26)18-7-13-21(27-2)14-8-18/h3-14,22,25H,15H2,1-2H3. The lowest BCUT2D eigenvalue weighted by atomic mass is 9.97. The van der Waals surface area contributed by atoms with Gasteiger partial charge in [-0.25, -0.2) is 0 Å². The predicted molar refractivity (Wildman–Crippen MR) is 111 cm³/mol. The summed E-state index contributed by atoms with van der Waals surface area (Å²) in [5.41, 5.74) is 3.85. The SMILES string of the molecule is COc1ccc(C(=O)CC(Nc2ccc(Cl)cc2)c2ccc(C)cc2)cc1. The summed E-state index contributed by atoms with van der Waals surface area (Å²) in [5, 5.41) is 4.14. The zero-order chi connectivity index (χ0) is 19.2. The van der Waals surface area contributed by atoms with Crippen molar-refractivity contribution >= 4 is 23.1 Å². The van der Waals surface area contributed by atoms with Gasteiger partial charge in [0.05, 0.1) is 13.2 Å². The number of carbonyl (C=O) groups excluding carboxylic acids is 1. The Morgan fingerprint density at radius 2 is 1.59 bits per heavy atom. The van der Waals surface area contributed by atoms with E-state index >= 15 is 0 Å². The number of carbonyl (C=O) groups is 1. The summed E-state index contributed by atoms with van der Waals surface area (Å²) < 4.78 is 5.16.